The first-order valence-corrected chi connectivity index (χ1v) is 6.75. The first-order chi connectivity index (χ1) is 8.77. The Morgan fingerprint density at radius 3 is 2.72 bits per heavy atom. The number of para-hydroxylation sites is 1. The number of carbonyl (C=O) groups is 1. The van der Waals surface area contributed by atoms with E-state index in [1.807, 2.05) is 24.3 Å². The fraction of sp³-hybridized carbons (Fsp3) is 0.533. The lowest BCUT2D eigenvalue weighted by Crippen LogP contribution is -2.29. The van der Waals surface area contributed by atoms with Crippen molar-refractivity contribution in [2.75, 3.05) is 13.2 Å². The number of nitrogens with one attached hydrogen (secondary N) is 1. The number of ether oxygens (including phenoxy) is 1. The molecule has 0 bridgehead atoms. The smallest absolute Gasteiger partial charge is 0.257 e. The van der Waals surface area contributed by atoms with Gasteiger partial charge in [-0.2, -0.15) is 0 Å². The lowest BCUT2D eigenvalue weighted by molar-refractivity contribution is -0.123. The van der Waals surface area contributed by atoms with Crippen molar-refractivity contribution in [3.05, 3.63) is 29.8 Å². The monoisotopic (exact) mass is 249 g/mol. The van der Waals surface area contributed by atoms with Crippen LogP contribution in [-0.4, -0.2) is 19.1 Å². The molecule has 1 rings (SSSR count). The second-order valence-electron chi connectivity index (χ2n) is 4.31. The molecule has 0 heterocycles. The number of aryl methyl sites for hydroxylation is 1. The van der Waals surface area contributed by atoms with Crippen molar-refractivity contribution < 1.29 is 9.53 Å². The summed E-state index contributed by atoms with van der Waals surface area (Å²) < 4.78 is 5.53. The summed E-state index contributed by atoms with van der Waals surface area (Å²) in [6.07, 6.45) is 4.26. The Morgan fingerprint density at radius 1 is 1.22 bits per heavy atom. The Morgan fingerprint density at radius 2 is 2.00 bits per heavy atom. The zero-order valence-corrected chi connectivity index (χ0v) is 11.4. The van der Waals surface area contributed by atoms with Gasteiger partial charge in [-0.05, 0) is 24.5 Å². The van der Waals surface area contributed by atoms with Crippen molar-refractivity contribution in [2.24, 2.45) is 0 Å². The van der Waals surface area contributed by atoms with E-state index in [4.69, 9.17) is 4.74 Å². The van der Waals surface area contributed by atoms with Gasteiger partial charge >= 0.3 is 0 Å². The second kappa shape index (κ2) is 8.56. The van der Waals surface area contributed by atoms with E-state index in [1.165, 1.54) is 0 Å². The van der Waals surface area contributed by atoms with Gasteiger partial charge in [0.25, 0.3) is 5.91 Å². The summed E-state index contributed by atoms with van der Waals surface area (Å²) in [6.45, 7) is 5.06. The number of unbranched alkanes of at least 4 members (excludes halogenated alkanes) is 2. The quantitative estimate of drug-likeness (QED) is 0.719. The Bertz CT molecular complexity index is 363. The molecule has 1 aromatic rings. The fourth-order valence-electron chi connectivity index (χ4n) is 1.73. The third-order valence-corrected chi connectivity index (χ3v) is 2.81. The van der Waals surface area contributed by atoms with Gasteiger partial charge in [0.05, 0.1) is 0 Å². The first kappa shape index (κ1) is 14.6. The summed E-state index contributed by atoms with van der Waals surface area (Å²) >= 11 is 0. The van der Waals surface area contributed by atoms with Crippen LogP contribution in [0.1, 0.15) is 38.7 Å². The average molecular weight is 249 g/mol. The molecule has 0 aliphatic rings. The summed E-state index contributed by atoms with van der Waals surface area (Å²) in [5, 5.41) is 2.86. The number of amides is 1. The molecule has 18 heavy (non-hydrogen) atoms. The van der Waals surface area contributed by atoms with Crippen LogP contribution < -0.4 is 10.1 Å². The Kier molecular flexibility index (Phi) is 6.92. The second-order valence-corrected chi connectivity index (χ2v) is 4.31. The fourth-order valence-corrected chi connectivity index (χ4v) is 1.73. The predicted molar refractivity (Wildman–Crippen MR) is 73.8 cm³/mol. The molecular formula is C15H23NO2. The summed E-state index contributed by atoms with van der Waals surface area (Å²) in [7, 11) is 0. The molecule has 0 fully saturated rings. The first-order valence-electron chi connectivity index (χ1n) is 6.75. The van der Waals surface area contributed by atoms with Gasteiger partial charge in [0, 0.05) is 6.54 Å². The lowest BCUT2D eigenvalue weighted by Gasteiger charge is -2.10. The van der Waals surface area contributed by atoms with Gasteiger partial charge in [-0.15, -0.1) is 0 Å². The van der Waals surface area contributed by atoms with Crippen molar-refractivity contribution in [3.8, 4) is 5.75 Å². The van der Waals surface area contributed by atoms with Gasteiger partial charge in [-0.25, -0.2) is 0 Å². The highest BCUT2D eigenvalue weighted by atomic mass is 16.5. The molecular weight excluding hydrogens is 226 g/mol. The Hall–Kier alpha value is -1.51. The SMILES string of the molecule is CCCCCNC(=O)COc1ccccc1CC. The van der Waals surface area contributed by atoms with Gasteiger partial charge in [-0.1, -0.05) is 44.9 Å². The van der Waals surface area contributed by atoms with E-state index < -0.39 is 0 Å². The van der Waals surface area contributed by atoms with Crippen LogP contribution in [0.3, 0.4) is 0 Å². The minimum absolute atomic E-state index is 0.0444. The highest BCUT2D eigenvalue weighted by Crippen LogP contribution is 2.17. The minimum atomic E-state index is -0.0444. The highest BCUT2D eigenvalue weighted by molar-refractivity contribution is 5.77. The maximum atomic E-state index is 11.5. The van der Waals surface area contributed by atoms with Crippen LogP contribution in [-0.2, 0) is 11.2 Å². The maximum absolute atomic E-state index is 11.5. The topological polar surface area (TPSA) is 38.3 Å². The van der Waals surface area contributed by atoms with E-state index in [9.17, 15) is 4.79 Å². The maximum Gasteiger partial charge on any atom is 0.257 e. The molecule has 3 heteroatoms. The normalized spacial score (nSPS) is 10.1. The molecule has 0 saturated carbocycles. The van der Waals surface area contributed by atoms with E-state index in [2.05, 4.69) is 19.2 Å². The molecule has 100 valence electrons. The molecule has 0 aliphatic heterocycles. The van der Waals surface area contributed by atoms with Crippen molar-refractivity contribution in [3.63, 3.8) is 0 Å². The van der Waals surface area contributed by atoms with Gasteiger partial charge in [-0.3, -0.25) is 4.79 Å². The standard InChI is InChI=1S/C15H23NO2/c1-3-5-8-11-16-15(17)12-18-14-10-7-6-9-13(14)4-2/h6-7,9-10H,3-5,8,11-12H2,1-2H3,(H,16,17). The van der Waals surface area contributed by atoms with Gasteiger partial charge in [0.1, 0.15) is 5.75 Å². The zero-order chi connectivity index (χ0) is 13.2. The third kappa shape index (κ3) is 5.21. The van der Waals surface area contributed by atoms with Crippen LogP contribution in [0, 0.1) is 0 Å². The average Bonchev–Trinajstić information content (AvgIpc) is 2.41. The van der Waals surface area contributed by atoms with Gasteiger partial charge < -0.3 is 10.1 Å². The lowest BCUT2D eigenvalue weighted by atomic mass is 10.1. The van der Waals surface area contributed by atoms with Crippen LogP contribution in [0.4, 0.5) is 0 Å². The minimum Gasteiger partial charge on any atom is -0.483 e. The molecule has 0 atom stereocenters. The molecule has 0 aromatic heterocycles. The number of hydrogen-bond donors (Lipinski definition) is 1. The number of benzene rings is 1. The summed E-state index contributed by atoms with van der Waals surface area (Å²) in [5.41, 5.74) is 1.14. The van der Waals surface area contributed by atoms with Crippen LogP contribution in [0.15, 0.2) is 24.3 Å². The van der Waals surface area contributed by atoms with Crippen LogP contribution in [0.2, 0.25) is 0 Å². The van der Waals surface area contributed by atoms with Crippen molar-refractivity contribution >= 4 is 5.91 Å². The third-order valence-electron chi connectivity index (χ3n) is 2.81. The largest absolute Gasteiger partial charge is 0.483 e. The van der Waals surface area contributed by atoms with Gasteiger partial charge in [0.2, 0.25) is 0 Å². The van der Waals surface area contributed by atoms with Crippen molar-refractivity contribution in [2.45, 2.75) is 39.5 Å². The van der Waals surface area contributed by atoms with E-state index in [0.717, 1.165) is 43.5 Å². The molecule has 0 spiro atoms. The molecule has 0 unspecified atom stereocenters. The molecule has 3 nitrogen and oxygen atoms in total. The van der Waals surface area contributed by atoms with E-state index in [0.29, 0.717) is 0 Å². The molecule has 0 aliphatic carbocycles. The number of carbonyl (C=O) groups excluding carboxylic acids is 1. The van der Waals surface area contributed by atoms with E-state index in [-0.39, 0.29) is 12.5 Å². The summed E-state index contributed by atoms with van der Waals surface area (Å²) in [5.74, 6) is 0.765. The summed E-state index contributed by atoms with van der Waals surface area (Å²) in [4.78, 5) is 11.5. The van der Waals surface area contributed by atoms with Crippen LogP contribution >= 0.6 is 0 Å². The Labute approximate surface area is 110 Å². The predicted octanol–water partition coefficient (Wildman–Crippen LogP) is 2.93. The molecule has 1 N–H and O–H groups in total. The number of hydrogen-bond acceptors (Lipinski definition) is 2. The highest BCUT2D eigenvalue weighted by Gasteiger charge is 2.04. The number of rotatable bonds is 8. The van der Waals surface area contributed by atoms with Crippen molar-refractivity contribution in [1.29, 1.82) is 0 Å². The van der Waals surface area contributed by atoms with Crippen molar-refractivity contribution in [1.82, 2.24) is 5.32 Å². The molecule has 0 saturated heterocycles. The van der Waals surface area contributed by atoms with Crippen LogP contribution in [0.5, 0.6) is 5.75 Å². The summed E-state index contributed by atoms with van der Waals surface area (Å²) in [6, 6.07) is 7.84. The van der Waals surface area contributed by atoms with E-state index in [1.54, 1.807) is 0 Å². The van der Waals surface area contributed by atoms with Crippen LogP contribution in [0.25, 0.3) is 0 Å². The molecule has 0 radical (unpaired) electrons. The zero-order valence-electron chi connectivity index (χ0n) is 11.4. The van der Waals surface area contributed by atoms with E-state index >= 15 is 0 Å². The molecule has 1 aromatic carbocycles. The van der Waals surface area contributed by atoms with Gasteiger partial charge in [0.15, 0.2) is 6.61 Å². The Balaban J connectivity index is 2.29. The molecule has 1 amide bonds.